The van der Waals surface area contributed by atoms with Gasteiger partial charge in [-0.25, -0.2) is 4.98 Å². The molecule has 0 saturated carbocycles. The first-order valence-corrected chi connectivity index (χ1v) is 6.07. The lowest BCUT2D eigenvalue weighted by Crippen LogP contribution is -2.56. The second-order valence-corrected chi connectivity index (χ2v) is 5.72. The summed E-state index contributed by atoms with van der Waals surface area (Å²) in [5.74, 6) is -7.78. The molecule has 9 heteroatoms. The van der Waals surface area contributed by atoms with Gasteiger partial charge in [0.15, 0.2) is 0 Å². The molecule has 0 saturated heterocycles. The molecule has 0 radical (unpaired) electrons. The number of rotatable bonds is 4. The Balaban J connectivity index is 2.90. The first-order chi connectivity index (χ1) is 9.35. The van der Waals surface area contributed by atoms with Crippen molar-refractivity contribution in [3.05, 3.63) is 18.7 Å². The number of halogens is 5. The van der Waals surface area contributed by atoms with Gasteiger partial charge in [0, 0.05) is 18.9 Å². The SMILES string of the molecule is CC(C)(C)C(Cn1ccnc1)NC(=O)C(F)(F)C(F)(F)F. The average molecular weight is 313 g/mol. The zero-order valence-corrected chi connectivity index (χ0v) is 11.7. The van der Waals surface area contributed by atoms with Gasteiger partial charge >= 0.3 is 18.0 Å². The normalized spacial score (nSPS) is 14.9. The quantitative estimate of drug-likeness (QED) is 0.869. The summed E-state index contributed by atoms with van der Waals surface area (Å²) < 4.78 is 64.0. The highest BCUT2D eigenvalue weighted by atomic mass is 19.4. The van der Waals surface area contributed by atoms with Crippen LogP contribution in [0.1, 0.15) is 20.8 Å². The minimum atomic E-state index is -5.92. The van der Waals surface area contributed by atoms with Crippen molar-refractivity contribution in [3.8, 4) is 0 Å². The van der Waals surface area contributed by atoms with E-state index in [4.69, 9.17) is 0 Å². The Morgan fingerprint density at radius 2 is 1.81 bits per heavy atom. The summed E-state index contributed by atoms with van der Waals surface area (Å²) in [5, 5.41) is 1.78. The molecule has 0 fully saturated rings. The van der Waals surface area contributed by atoms with Crippen LogP contribution >= 0.6 is 0 Å². The highest BCUT2D eigenvalue weighted by Crippen LogP contribution is 2.36. The summed E-state index contributed by atoms with van der Waals surface area (Å²) in [4.78, 5) is 15.0. The van der Waals surface area contributed by atoms with Crippen molar-refractivity contribution in [2.75, 3.05) is 0 Å². The summed E-state index contributed by atoms with van der Waals surface area (Å²) >= 11 is 0. The molecular formula is C12H16F5N3O. The number of amides is 1. The zero-order chi connectivity index (χ0) is 16.5. The second kappa shape index (κ2) is 5.61. The van der Waals surface area contributed by atoms with Crippen molar-refractivity contribution in [1.29, 1.82) is 0 Å². The van der Waals surface area contributed by atoms with Crippen LogP contribution in [0.2, 0.25) is 0 Å². The summed E-state index contributed by atoms with van der Waals surface area (Å²) in [6, 6.07) is -0.924. The van der Waals surface area contributed by atoms with E-state index in [1.54, 1.807) is 26.1 Å². The second-order valence-electron chi connectivity index (χ2n) is 5.72. The fraction of sp³-hybridized carbons (Fsp3) is 0.667. The fourth-order valence-corrected chi connectivity index (χ4v) is 1.52. The highest BCUT2D eigenvalue weighted by Gasteiger charge is 2.63. The molecule has 1 heterocycles. The molecule has 0 aromatic carbocycles. The number of carbonyl (C=O) groups is 1. The molecule has 120 valence electrons. The van der Waals surface area contributed by atoms with Gasteiger partial charge in [-0.1, -0.05) is 20.8 Å². The van der Waals surface area contributed by atoms with E-state index in [0.29, 0.717) is 0 Å². The Morgan fingerprint density at radius 3 is 2.19 bits per heavy atom. The van der Waals surface area contributed by atoms with Gasteiger partial charge in [0.25, 0.3) is 0 Å². The molecule has 1 rings (SSSR count). The number of nitrogens with zero attached hydrogens (tertiary/aromatic N) is 2. The Hall–Kier alpha value is -1.67. The third-order valence-electron chi connectivity index (χ3n) is 2.94. The fourth-order valence-electron chi connectivity index (χ4n) is 1.52. The third-order valence-corrected chi connectivity index (χ3v) is 2.94. The molecular weight excluding hydrogens is 297 g/mol. The van der Waals surface area contributed by atoms with Crippen LogP contribution in [0.15, 0.2) is 18.7 Å². The van der Waals surface area contributed by atoms with Crippen LogP contribution in [0.25, 0.3) is 0 Å². The molecule has 0 aliphatic carbocycles. The molecule has 21 heavy (non-hydrogen) atoms. The number of hydrogen-bond donors (Lipinski definition) is 1. The van der Waals surface area contributed by atoms with Crippen LogP contribution in [0, 0.1) is 5.41 Å². The van der Waals surface area contributed by atoms with Crippen LogP contribution in [0.4, 0.5) is 22.0 Å². The lowest BCUT2D eigenvalue weighted by molar-refractivity contribution is -0.270. The molecule has 1 N–H and O–H groups in total. The number of carbonyl (C=O) groups excluding carboxylic acids is 1. The number of alkyl halides is 5. The number of nitrogens with one attached hydrogen (secondary N) is 1. The first kappa shape index (κ1) is 17.4. The van der Waals surface area contributed by atoms with Crippen molar-refractivity contribution < 1.29 is 26.7 Å². The van der Waals surface area contributed by atoms with Crippen molar-refractivity contribution in [1.82, 2.24) is 14.9 Å². The maximum Gasteiger partial charge on any atom is 0.463 e. The van der Waals surface area contributed by atoms with Gasteiger partial charge < -0.3 is 9.88 Å². The Kier molecular flexibility index (Phi) is 4.64. The molecule has 0 aliphatic rings. The molecule has 1 unspecified atom stereocenters. The minimum absolute atomic E-state index is 0.0309. The molecule has 0 bridgehead atoms. The van der Waals surface area contributed by atoms with Gasteiger partial charge in [-0.15, -0.1) is 0 Å². The van der Waals surface area contributed by atoms with E-state index in [2.05, 4.69) is 4.98 Å². The van der Waals surface area contributed by atoms with Crippen molar-refractivity contribution in [2.45, 2.75) is 45.5 Å². The van der Waals surface area contributed by atoms with E-state index in [-0.39, 0.29) is 6.54 Å². The molecule has 0 aliphatic heterocycles. The summed E-state index contributed by atoms with van der Waals surface area (Å²) in [7, 11) is 0. The lowest BCUT2D eigenvalue weighted by atomic mass is 9.86. The first-order valence-electron chi connectivity index (χ1n) is 6.07. The third kappa shape index (κ3) is 4.15. The summed E-state index contributed by atoms with van der Waals surface area (Å²) in [5.41, 5.74) is -0.721. The molecule has 1 amide bonds. The van der Waals surface area contributed by atoms with E-state index < -0.39 is 29.5 Å². The van der Waals surface area contributed by atoms with Gasteiger partial charge in [-0.2, -0.15) is 22.0 Å². The average Bonchev–Trinajstić information content (AvgIpc) is 2.77. The number of hydrogen-bond acceptors (Lipinski definition) is 2. The van der Waals surface area contributed by atoms with Crippen LogP contribution in [-0.4, -0.2) is 33.6 Å². The molecule has 1 atom stereocenters. The number of aromatic nitrogens is 2. The maximum absolute atomic E-state index is 13.0. The molecule has 1 aromatic heterocycles. The predicted molar refractivity (Wildman–Crippen MR) is 64.6 cm³/mol. The van der Waals surface area contributed by atoms with Gasteiger partial charge in [-0.05, 0) is 5.41 Å². The van der Waals surface area contributed by atoms with E-state index in [1.165, 1.54) is 23.3 Å². The van der Waals surface area contributed by atoms with Crippen molar-refractivity contribution in [2.24, 2.45) is 5.41 Å². The monoisotopic (exact) mass is 313 g/mol. The van der Waals surface area contributed by atoms with E-state index >= 15 is 0 Å². The Morgan fingerprint density at radius 1 is 1.24 bits per heavy atom. The van der Waals surface area contributed by atoms with E-state index in [0.717, 1.165) is 0 Å². The van der Waals surface area contributed by atoms with Crippen LogP contribution in [-0.2, 0) is 11.3 Å². The largest absolute Gasteiger partial charge is 0.463 e. The lowest BCUT2D eigenvalue weighted by Gasteiger charge is -2.33. The minimum Gasteiger partial charge on any atom is -0.345 e. The van der Waals surface area contributed by atoms with E-state index in [1.807, 2.05) is 0 Å². The van der Waals surface area contributed by atoms with Crippen molar-refractivity contribution in [3.63, 3.8) is 0 Å². The predicted octanol–water partition coefficient (Wildman–Crippen LogP) is 2.61. The van der Waals surface area contributed by atoms with Gasteiger partial charge in [0.05, 0.1) is 12.4 Å². The summed E-state index contributed by atoms with van der Waals surface area (Å²) in [6.45, 7) is 4.91. The smallest absolute Gasteiger partial charge is 0.345 e. The maximum atomic E-state index is 13.0. The van der Waals surface area contributed by atoms with E-state index in [9.17, 15) is 26.7 Å². The molecule has 1 aromatic rings. The van der Waals surface area contributed by atoms with Gasteiger partial charge in [-0.3, -0.25) is 4.79 Å². The number of imidazole rings is 1. The van der Waals surface area contributed by atoms with Gasteiger partial charge in [0.1, 0.15) is 0 Å². The van der Waals surface area contributed by atoms with Crippen LogP contribution in [0.5, 0.6) is 0 Å². The molecule has 4 nitrogen and oxygen atoms in total. The highest BCUT2D eigenvalue weighted by molar-refractivity contribution is 5.84. The summed E-state index contributed by atoms with van der Waals surface area (Å²) in [6.07, 6.45) is -1.58. The molecule has 0 spiro atoms. The van der Waals surface area contributed by atoms with Crippen molar-refractivity contribution >= 4 is 5.91 Å². The van der Waals surface area contributed by atoms with Gasteiger partial charge in [0.2, 0.25) is 0 Å². The Labute approximate surface area is 118 Å². The topological polar surface area (TPSA) is 46.9 Å². The van der Waals surface area contributed by atoms with Crippen LogP contribution in [0.3, 0.4) is 0 Å². The zero-order valence-electron chi connectivity index (χ0n) is 11.7. The van der Waals surface area contributed by atoms with Crippen LogP contribution < -0.4 is 5.32 Å². The Bertz CT molecular complexity index is 476. The standard InChI is InChI=1S/C12H16F5N3O/c1-10(2,3)8(6-20-5-4-18-7-20)19-9(21)11(13,14)12(15,16)17/h4-5,7-8H,6H2,1-3H3,(H,19,21).